The van der Waals surface area contributed by atoms with Crippen molar-refractivity contribution in [2.24, 2.45) is 0 Å². The summed E-state index contributed by atoms with van der Waals surface area (Å²) >= 11 is 0. The van der Waals surface area contributed by atoms with Gasteiger partial charge in [0.25, 0.3) is 0 Å². The molecule has 1 aliphatic carbocycles. The molecule has 1 aromatic carbocycles. The van der Waals surface area contributed by atoms with Gasteiger partial charge in [-0.2, -0.15) is 0 Å². The lowest BCUT2D eigenvalue weighted by Crippen LogP contribution is -2.63. The highest BCUT2D eigenvalue weighted by molar-refractivity contribution is 5.53. The van der Waals surface area contributed by atoms with Crippen LogP contribution in [0.3, 0.4) is 0 Å². The van der Waals surface area contributed by atoms with Gasteiger partial charge in [0.15, 0.2) is 0 Å². The van der Waals surface area contributed by atoms with Gasteiger partial charge in [-0.1, -0.05) is 0 Å². The van der Waals surface area contributed by atoms with E-state index in [1.165, 1.54) is 23.5 Å². The minimum absolute atomic E-state index is 0.168. The monoisotopic (exact) mass is 367 g/mol. The van der Waals surface area contributed by atoms with Crippen molar-refractivity contribution in [2.45, 2.75) is 32.2 Å². The summed E-state index contributed by atoms with van der Waals surface area (Å²) in [5.74, 6) is 1.93. The number of hydrogen-bond acceptors (Lipinski definition) is 5. The average molecular weight is 367 g/mol. The highest BCUT2D eigenvalue weighted by Crippen LogP contribution is 2.32. The number of aryl methyl sites for hydroxylation is 2. The Hall–Kier alpha value is -2.21. The van der Waals surface area contributed by atoms with E-state index < -0.39 is 0 Å². The van der Waals surface area contributed by atoms with Crippen LogP contribution in [0.2, 0.25) is 0 Å². The van der Waals surface area contributed by atoms with Crippen molar-refractivity contribution in [3.63, 3.8) is 0 Å². The molecule has 0 N–H and O–H groups in total. The van der Waals surface area contributed by atoms with Crippen LogP contribution in [0.5, 0.6) is 0 Å². The molecule has 3 aliphatic rings. The maximum absolute atomic E-state index is 13.1. The number of nitrogens with zero attached hydrogens (tertiary/aromatic N) is 5. The molecule has 6 heteroatoms. The smallest absolute Gasteiger partial charge is 0.135 e. The molecular weight excluding hydrogens is 341 g/mol. The molecular formula is C21H26FN5. The first-order chi connectivity index (χ1) is 13.2. The van der Waals surface area contributed by atoms with Gasteiger partial charge >= 0.3 is 0 Å². The van der Waals surface area contributed by atoms with E-state index in [1.807, 2.05) is 19.1 Å². The van der Waals surface area contributed by atoms with Crippen molar-refractivity contribution in [3.05, 3.63) is 47.2 Å². The van der Waals surface area contributed by atoms with Crippen LogP contribution < -0.4 is 9.80 Å². The zero-order chi connectivity index (χ0) is 18.4. The van der Waals surface area contributed by atoms with Gasteiger partial charge in [-0.25, -0.2) is 14.4 Å². The molecule has 0 bridgehead atoms. The van der Waals surface area contributed by atoms with Gasteiger partial charge in [0, 0.05) is 62.3 Å². The minimum Gasteiger partial charge on any atom is -0.369 e. The molecule has 2 saturated heterocycles. The van der Waals surface area contributed by atoms with Gasteiger partial charge in [0.1, 0.15) is 17.5 Å². The van der Waals surface area contributed by atoms with Crippen LogP contribution in [-0.2, 0) is 12.8 Å². The fraction of sp³-hybridized carbons (Fsp3) is 0.524. The number of anilines is 2. The summed E-state index contributed by atoms with van der Waals surface area (Å²) < 4.78 is 13.1. The molecule has 0 spiro atoms. The van der Waals surface area contributed by atoms with E-state index in [0.29, 0.717) is 6.04 Å². The summed E-state index contributed by atoms with van der Waals surface area (Å²) in [6.45, 7) is 8.29. The van der Waals surface area contributed by atoms with E-state index in [2.05, 4.69) is 19.7 Å². The zero-order valence-electron chi connectivity index (χ0n) is 15.9. The second kappa shape index (κ2) is 6.75. The summed E-state index contributed by atoms with van der Waals surface area (Å²) in [5.41, 5.74) is 3.78. The largest absolute Gasteiger partial charge is 0.369 e. The number of hydrogen-bond donors (Lipinski definition) is 0. The first-order valence-electron chi connectivity index (χ1n) is 10.0. The lowest BCUT2D eigenvalue weighted by atomic mass is 10.0. The van der Waals surface area contributed by atoms with Crippen LogP contribution in [0.1, 0.15) is 23.5 Å². The molecule has 142 valence electrons. The number of rotatable bonds is 3. The summed E-state index contributed by atoms with van der Waals surface area (Å²) in [6, 6.07) is 7.48. The Morgan fingerprint density at radius 3 is 2.41 bits per heavy atom. The topological polar surface area (TPSA) is 35.5 Å². The van der Waals surface area contributed by atoms with E-state index in [4.69, 9.17) is 4.98 Å². The Balaban J connectivity index is 1.19. The molecule has 2 aliphatic heterocycles. The van der Waals surface area contributed by atoms with Crippen molar-refractivity contribution >= 4 is 11.5 Å². The molecule has 0 unspecified atom stereocenters. The van der Waals surface area contributed by atoms with Crippen LogP contribution in [0.15, 0.2) is 24.3 Å². The first-order valence-corrected chi connectivity index (χ1v) is 10.0. The van der Waals surface area contributed by atoms with Crippen molar-refractivity contribution in [1.82, 2.24) is 14.9 Å². The minimum atomic E-state index is -0.168. The molecule has 0 radical (unpaired) electrons. The van der Waals surface area contributed by atoms with Gasteiger partial charge in [0.05, 0.1) is 0 Å². The normalized spacial score (nSPS) is 20.7. The number of fused-ring (bicyclic) bond motifs is 1. The Kier molecular flexibility index (Phi) is 4.23. The maximum Gasteiger partial charge on any atom is 0.135 e. The number of halogens is 1. The van der Waals surface area contributed by atoms with Crippen LogP contribution in [0, 0.1) is 12.7 Å². The zero-order valence-corrected chi connectivity index (χ0v) is 15.9. The van der Waals surface area contributed by atoms with E-state index in [-0.39, 0.29) is 5.82 Å². The Morgan fingerprint density at radius 2 is 1.67 bits per heavy atom. The fourth-order valence-electron chi connectivity index (χ4n) is 4.65. The van der Waals surface area contributed by atoms with Crippen molar-refractivity contribution in [1.29, 1.82) is 0 Å². The predicted octanol–water partition coefficient (Wildman–Crippen LogP) is 2.42. The average Bonchev–Trinajstić information content (AvgIpc) is 3.10. The molecule has 1 aromatic heterocycles. The molecule has 0 atom stereocenters. The quantitative estimate of drug-likeness (QED) is 0.833. The SMILES string of the molecule is Cc1nc2c(c(N3CC(N4CCN(c5ccc(F)cc5)CC4)C3)n1)CCC2. The molecule has 2 aromatic rings. The lowest BCUT2D eigenvalue weighted by molar-refractivity contribution is 0.156. The highest BCUT2D eigenvalue weighted by Gasteiger charge is 2.36. The van der Waals surface area contributed by atoms with E-state index >= 15 is 0 Å². The van der Waals surface area contributed by atoms with E-state index in [1.54, 1.807) is 12.1 Å². The molecule has 27 heavy (non-hydrogen) atoms. The summed E-state index contributed by atoms with van der Waals surface area (Å²) in [5, 5.41) is 0. The molecule has 3 heterocycles. The first kappa shape index (κ1) is 16.9. The molecule has 2 fully saturated rings. The van der Waals surface area contributed by atoms with Crippen LogP contribution in [0.25, 0.3) is 0 Å². The number of piperazine rings is 1. The third-order valence-corrected chi connectivity index (χ3v) is 6.21. The highest BCUT2D eigenvalue weighted by atomic mass is 19.1. The molecule has 0 saturated carbocycles. The lowest BCUT2D eigenvalue weighted by Gasteiger charge is -2.49. The third-order valence-electron chi connectivity index (χ3n) is 6.21. The fourth-order valence-corrected chi connectivity index (χ4v) is 4.65. The van der Waals surface area contributed by atoms with Gasteiger partial charge < -0.3 is 9.80 Å². The van der Waals surface area contributed by atoms with Crippen molar-refractivity contribution in [2.75, 3.05) is 49.1 Å². The van der Waals surface area contributed by atoms with E-state index in [0.717, 1.165) is 63.6 Å². The standard InChI is InChI=1S/C21H26FN5/c1-15-23-20-4-2-3-19(20)21(24-15)27-13-18(14-27)26-11-9-25(10-12-26)17-7-5-16(22)6-8-17/h5-8,18H,2-4,9-14H2,1H3. The summed E-state index contributed by atoms with van der Waals surface area (Å²) in [4.78, 5) is 16.8. The maximum atomic E-state index is 13.1. The summed E-state index contributed by atoms with van der Waals surface area (Å²) in [7, 11) is 0. The van der Waals surface area contributed by atoms with Gasteiger partial charge in [-0.15, -0.1) is 0 Å². The Morgan fingerprint density at radius 1 is 0.926 bits per heavy atom. The van der Waals surface area contributed by atoms with Gasteiger partial charge in [-0.05, 0) is 50.5 Å². The Labute approximate surface area is 159 Å². The van der Waals surface area contributed by atoms with Crippen LogP contribution in [-0.4, -0.2) is 60.2 Å². The summed E-state index contributed by atoms with van der Waals surface area (Å²) in [6.07, 6.45) is 3.44. The molecule has 5 rings (SSSR count). The van der Waals surface area contributed by atoms with Crippen molar-refractivity contribution < 1.29 is 4.39 Å². The van der Waals surface area contributed by atoms with Crippen LogP contribution in [0.4, 0.5) is 15.9 Å². The van der Waals surface area contributed by atoms with Gasteiger partial charge in [0.2, 0.25) is 0 Å². The Bertz CT molecular complexity index is 823. The van der Waals surface area contributed by atoms with E-state index in [9.17, 15) is 4.39 Å². The second-order valence-electron chi connectivity index (χ2n) is 7.93. The molecule has 0 amide bonds. The molecule has 5 nitrogen and oxygen atoms in total. The van der Waals surface area contributed by atoms with Gasteiger partial charge in [-0.3, -0.25) is 4.90 Å². The third kappa shape index (κ3) is 3.16. The number of benzene rings is 1. The number of aromatic nitrogens is 2. The van der Waals surface area contributed by atoms with Crippen molar-refractivity contribution in [3.8, 4) is 0 Å². The second-order valence-corrected chi connectivity index (χ2v) is 7.93. The predicted molar refractivity (Wildman–Crippen MR) is 105 cm³/mol. The van der Waals surface area contributed by atoms with Crippen LogP contribution >= 0.6 is 0 Å².